The first-order valence-electron chi connectivity index (χ1n) is 4.76. The second-order valence-corrected chi connectivity index (χ2v) is 4.20. The molecule has 0 fully saturated rings. The number of aromatic nitrogens is 1. The van der Waals surface area contributed by atoms with E-state index in [0.29, 0.717) is 5.01 Å². The molecule has 0 aliphatic rings. The predicted molar refractivity (Wildman–Crippen MR) is 59.8 cm³/mol. The summed E-state index contributed by atoms with van der Waals surface area (Å²) in [5.74, 6) is -2.55. The first-order chi connectivity index (χ1) is 8.13. The maximum absolute atomic E-state index is 13.4. The zero-order valence-electron chi connectivity index (χ0n) is 8.61. The van der Waals surface area contributed by atoms with Gasteiger partial charge in [-0.05, 0) is 12.1 Å². The molecule has 2 rings (SSSR count). The normalized spacial score (nSPS) is 10.5. The van der Waals surface area contributed by atoms with Crippen molar-refractivity contribution < 1.29 is 13.6 Å². The van der Waals surface area contributed by atoms with Crippen LogP contribution in [0.15, 0.2) is 23.6 Å². The summed E-state index contributed by atoms with van der Waals surface area (Å²) >= 11 is 1.18. The minimum atomic E-state index is -0.891. The summed E-state index contributed by atoms with van der Waals surface area (Å²) in [4.78, 5) is 15.7. The van der Waals surface area contributed by atoms with Crippen LogP contribution in [0.5, 0.6) is 0 Å². The minimum Gasteiger partial charge on any atom is -0.325 e. The average Bonchev–Trinajstić information content (AvgIpc) is 2.77. The molecule has 0 aliphatic heterocycles. The second-order valence-electron chi connectivity index (χ2n) is 3.26. The summed E-state index contributed by atoms with van der Waals surface area (Å²) in [6, 6.07) is 3.27. The van der Waals surface area contributed by atoms with Crippen LogP contribution < -0.4 is 5.73 Å². The molecule has 0 saturated carbocycles. The highest BCUT2D eigenvalue weighted by Crippen LogP contribution is 2.18. The Morgan fingerprint density at radius 3 is 2.53 bits per heavy atom. The average molecular weight is 254 g/mol. The molecule has 88 valence electrons. The molecule has 2 aromatic rings. The SMILES string of the molecule is NCc1nc(C(=O)c2c(F)cccc2F)cs1. The van der Waals surface area contributed by atoms with E-state index >= 15 is 0 Å². The molecule has 3 nitrogen and oxygen atoms in total. The maximum atomic E-state index is 13.4. The monoisotopic (exact) mass is 254 g/mol. The molecule has 1 aromatic carbocycles. The van der Waals surface area contributed by atoms with E-state index in [9.17, 15) is 13.6 Å². The lowest BCUT2D eigenvalue weighted by molar-refractivity contribution is 0.102. The lowest BCUT2D eigenvalue weighted by Gasteiger charge is -2.01. The van der Waals surface area contributed by atoms with E-state index in [1.807, 2.05) is 0 Å². The molecular formula is C11H8F2N2OS. The van der Waals surface area contributed by atoms with Gasteiger partial charge in [-0.15, -0.1) is 11.3 Å². The molecule has 17 heavy (non-hydrogen) atoms. The van der Waals surface area contributed by atoms with E-state index in [0.717, 1.165) is 12.1 Å². The highest BCUT2D eigenvalue weighted by atomic mass is 32.1. The van der Waals surface area contributed by atoms with Gasteiger partial charge in [-0.2, -0.15) is 0 Å². The van der Waals surface area contributed by atoms with Crippen molar-refractivity contribution in [2.24, 2.45) is 5.73 Å². The van der Waals surface area contributed by atoms with Crippen molar-refractivity contribution in [2.45, 2.75) is 6.54 Å². The van der Waals surface area contributed by atoms with Crippen molar-refractivity contribution in [3.63, 3.8) is 0 Å². The summed E-state index contributed by atoms with van der Waals surface area (Å²) in [6.45, 7) is 0.192. The second kappa shape index (κ2) is 4.68. The highest BCUT2D eigenvalue weighted by Gasteiger charge is 2.20. The number of hydrogen-bond donors (Lipinski definition) is 1. The van der Waals surface area contributed by atoms with Crippen molar-refractivity contribution in [3.8, 4) is 0 Å². The summed E-state index contributed by atoms with van der Waals surface area (Å²) < 4.78 is 26.7. The standard InChI is InChI=1S/C11H8F2N2OS/c12-6-2-1-3-7(13)10(6)11(16)8-5-17-9(4-14)15-8/h1-3,5H,4,14H2. The van der Waals surface area contributed by atoms with Gasteiger partial charge in [0.25, 0.3) is 0 Å². The van der Waals surface area contributed by atoms with Gasteiger partial charge in [-0.25, -0.2) is 13.8 Å². The summed E-state index contributed by atoms with van der Waals surface area (Å²) in [7, 11) is 0. The molecule has 0 atom stereocenters. The zero-order chi connectivity index (χ0) is 12.4. The summed E-state index contributed by atoms with van der Waals surface area (Å²) in [5.41, 5.74) is 4.78. The smallest absolute Gasteiger partial charge is 0.218 e. The van der Waals surface area contributed by atoms with Crippen LogP contribution in [0, 0.1) is 11.6 Å². The number of benzene rings is 1. The molecular weight excluding hydrogens is 246 g/mol. The van der Waals surface area contributed by atoms with Crippen LogP contribution in [0.4, 0.5) is 8.78 Å². The van der Waals surface area contributed by atoms with E-state index < -0.39 is 23.0 Å². The fourth-order valence-corrected chi connectivity index (χ4v) is 2.01. The summed E-state index contributed by atoms with van der Waals surface area (Å²) in [5, 5.41) is 1.99. The van der Waals surface area contributed by atoms with Gasteiger partial charge in [0, 0.05) is 11.9 Å². The number of ketones is 1. The quantitative estimate of drug-likeness (QED) is 0.853. The molecule has 0 amide bonds. The molecule has 0 saturated heterocycles. The van der Waals surface area contributed by atoms with Crippen molar-refractivity contribution in [1.29, 1.82) is 0 Å². The molecule has 0 unspecified atom stereocenters. The van der Waals surface area contributed by atoms with Crippen LogP contribution >= 0.6 is 11.3 Å². The number of thiazole rings is 1. The number of rotatable bonds is 3. The number of hydrogen-bond acceptors (Lipinski definition) is 4. The molecule has 1 aromatic heterocycles. The molecule has 0 bridgehead atoms. The van der Waals surface area contributed by atoms with E-state index in [4.69, 9.17) is 5.73 Å². The third-order valence-corrected chi connectivity index (χ3v) is 3.02. The third-order valence-electron chi connectivity index (χ3n) is 2.15. The first kappa shape index (κ1) is 11.8. The molecule has 6 heteroatoms. The van der Waals surface area contributed by atoms with Crippen molar-refractivity contribution in [2.75, 3.05) is 0 Å². The Hall–Kier alpha value is -1.66. The predicted octanol–water partition coefficient (Wildman–Crippen LogP) is 2.11. The van der Waals surface area contributed by atoms with Crippen molar-refractivity contribution in [3.05, 3.63) is 51.5 Å². The number of nitrogens with zero attached hydrogens (tertiary/aromatic N) is 1. The van der Waals surface area contributed by atoms with Crippen LogP contribution in [0.2, 0.25) is 0 Å². The maximum Gasteiger partial charge on any atom is 0.218 e. The Kier molecular flexibility index (Phi) is 3.26. The zero-order valence-corrected chi connectivity index (χ0v) is 9.43. The Labute approximate surface area is 99.9 Å². The Morgan fingerprint density at radius 1 is 1.35 bits per heavy atom. The molecule has 0 radical (unpaired) electrons. The van der Waals surface area contributed by atoms with Gasteiger partial charge < -0.3 is 5.73 Å². The van der Waals surface area contributed by atoms with Crippen LogP contribution in [0.25, 0.3) is 0 Å². The molecule has 1 heterocycles. The van der Waals surface area contributed by atoms with Gasteiger partial charge in [0.1, 0.15) is 22.3 Å². The Balaban J connectivity index is 2.43. The van der Waals surface area contributed by atoms with Gasteiger partial charge in [-0.1, -0.05) is 6.07 Å². The number of nitrogens with two attached hydrogens (primary N) is 1. The van der Waals surface area contributed by atoms with Crippen molar-refractivity contribution in [1.82, 2.24) is 4.98 Å². The molecule has 2 N–H and O–H groups in total. The van der Waals surface area contributed by atoms with Gasteiger partial charge >= 0.3 is 0 Å². The van der Waals surface area contributed by atoms with Crippen LogP contribution in [0.3, 0.4) is 0 Å². The third kappa shape index (κ3) is 2.22. The van der Waals surface area contributed by atoms with E-state index in [1.165, 1.54) is 22.8 Å². The van der Waals surface area contributed by atoms with Gasteiger partial charge in [0.15, 0.2) is 0 Å². The fourth-order valence-electron chi connectivity index (χ4n) is 1.35. The van der Waals surface area contributed by atoms with E-state index in [2.05, 4.69) is 4.98 Å². The van der Waals surface area contributed by atoms with E-state index in [1.54, 1.807) is 0 Å². The van der Waals surface area contributed by atoms with Crippen LogP contribution in [-0.4, -0.2) is 10.8 Å². The minimum absolute atomic E-state index is 0.0134. The lowest BCUT2D eigenvalue weighted by Crippen LogP contribution is -2.08. The fraction of sp³-hybridized carbons (Fsp3) is 0.0909. The van der Waals surface area contributed by atoms with Gasteiger partial charge in [0.2, 0.25) is 5.78 Å². The highest BCUT2D eigenvalue weighted by molar-refractivity contribution is 7.09. The van der Waals surface area contributed by atoms with Crippen molar-refractivity contribution >= 4 is 17.1 Å². The Bertz CT molecular complexity index is 548. The Morgan fingerprint density at radius 2 is 2.00 bits per heavy atom. The largest absolute Gasteiger partial charge is 0.325 e. The number of carbonyl (C=O) groups is 1. The lowest BCUT2D eigenvalue weighted by atomic mass is 10.1. The summed E-state index contributed by atoms with van der Waals surface area (Å²) in [6.07, 6.45) is 0. The number of halogens is 2. The van der Waals surface area contributed by atoms with Crippen LogP contribution in [0.1, 0.15) is 21.1 Å². The van der Waals surface area contributed by atoms with E-state index in [-0.39, 0.29) is 12.2 Å². The van der Waals surface area contributed by atoms with Gasteiger partial charge in [-0.3, -0.25) is 4.79 Å². The van der Waals surface area contributed by atoms with Gasteiger partial charge in [0.05, 0.1) is 5.56 Å². The number of carbonyl (C=O) groups excluding carboxylic acids is 1. The molecule has 0 aliphatic carbocycles. The first-order valence-corrected chi connectivity index (χ1v) is 5.64. The molecule has 0 spiro atoms. The van der Waals surface area contributed by atoms with Crippen LogP contribution in [-0.2, 0) is 6.54 Å². The topological polar surface area (TPSA) is 56.0 Å².